The van der Waals surface area contributed by atoms with Crippen molar-refractivity contribution in [2.75, 3.05) is 23.7 Å². The van der Waals surface area contributed by atoms with Gasteiger partial charge in [0.05, 0.1) is 5.56 Å². The summed E-state index contributed by atoms with van der Waals surface area (Å²) >= 11 is 0. The van der Waals surface area contributed by atoms with E-state index in [-0.39, 0.29) is 11.7 Å². The van der Waals surface area contributed by atoms with Crippen LogP contribution in [0, 0.1) is 6.92 Å². The van der Waals surface area contributed by atoms with Crippen LogP contribution in [0.1, 0.15) is 24.1 Å². The van der Waals surface area contributed by atoms with E-state index >= 15 is 0 Å². The molecule has 0 spiro atoms. The van der Waals surface area contributed by atoms with E-state index in [2.05, 4.69) is 20.6 Å². The zero-order chi connectivity index (χ0) is 19.4. The molecule has 0 radical (unpaired) electrons. The lowest BCUT2D eigenvalue weighted by atomic mass is 10.1. The van der Waals surface area contributed by atoms with Gasteiger partial charge in [-0.3, -0.25) is 0 Å². The molecule has 1 aromatic carbocycles. The Kier molecular flexibility index (Phi) is 5.48. The number of benzene rings is 1. The average Bonchev–Trinajstić information content (AvgIpc) is 2.62. The van der Waals surface area contributed by atoms with Crippen LogP contribution in [0.2, 0.25) is 0 Å². The van der Waals surface area contributed by atoms with Crippen molar-refractivity contribution < 1.29 is 18.0 Å². The molecule has 9 heteroatoms. The number of piperidine rings is 1. The first-order chi connectivity index (χ1) is 12.8. The van der Waals surface area contributed by atoms with Gasteiger partial charge in [0.2, 0.25) is 0 Å². The molecule has 0 unspecified atom stereocenters. The Hall–Kier alpha value is -2.84. The highest BCUT2D eigenvalue weighted by atomic mass is 19.4. The number of rotatable bonds is 3. The molecule has 1 aliphatic heterocycles. The van der Waals surface area contributed by atoms with Crippen LogP contribution in [-0.4, -0.2) is 40.0 Å². The lowest BCUT2D eigenvalue weighted by molar-refractivity contribution is -0.137. The number of alkyl halides is 3. The largest absolute Gasteiger partial charge is 0.416 e. The molecule has 2 amide bonds. The predicted molar refractivity (Wildman–Crippen MR) is 95.4 cm³/mol. The summed E-state index contributed by atoms with van der Waals surface area (Å²) in [4.78, 5) is 22.1. The quantitative estimate of drug-likeness (QED) is 0.848. The number of carbonyl (C=O) groups excluding carboxylic acids is 1. The first kappa shape index (κ1) is 18.9. The van der Waals surface area contributed by atoms with Crippen LogP contribution in [0.4, 0.5) is 29.5 Å². The highest BCUT2D eigenvalue weighted by molar-refractivity contribution is 5.89. The molecule has 27 heavy (non-hydrogen) atoms. The number of halogens is 3. The van der Waals surface area contributed by atoms with E-state index in [0.29, 0.717) is 13.1 Å². The van der Waals surface area contributed by atoms with Crippen molar-refractivity contribution in [2.45, 2.75) is 32.0 Å². The summed E-state index contributed by atoms with van der Waals surface area (Å²) < 4.78 is 38.3. The molecule has 0 saturated carbocycles. The van der Waals surface area contributed by atoms with E-state index < -0.39 is 17.8 Å². The van der Waals surface area contributed by atoms with Crippen molar-refractivity contribution in [3.05, 3.63) is 47.9 Å². The first-order valence-electron chi connectivity index (χ1n) is 8.59. The molecular formula is C18H20F3N5O. The van der Waals surface area contributed by atoms with Crippen molar-refractivity contribution in [3.63, 3.8) is 0 Å². The first-order valence-corrected chi connectivity index (χ1v) is 8.59. The number of nitrogens with one attached hydrogen (secondary N) is 2. The molecule has 2 heterocycles. The van der Waals surface area contributed by atoms with Crippen LogP contribution in [0.15, 0.2) is 36.7 Å². The minimum absolute atomic E-state index is 0.131. The van der Waals surface area contributed by atoms with Crippen LogP contribution in [0.3, 0.4) is 0 Å². The summed E-state index contributed by atoms with van der Waals surface area (Å²) in [5.74, 6) is 0.745. The summed E-state index contributed by atoms with van der Waals surface area (Å²) in [6, 6.07) is 6.26. The fourth-order valence-corrected chi connectivity index (χ4v) is 2.95. The second-order valence-electron chi connectivity index (χ2n) is 6.46. The smallest absolute Gasteiger partial charge is 0.367 e. The molecular weight excluding hydrogens is 359 g/mol. The molecule has 3 rings (SSSR count). The molecule has 2 N–H and O–H groups in total. The fourth-order valence-electron chi connectivity index (χ4n) is 2.95. The van der Waals surface area contributed by atoms with Gasteiger partial charge in [-0.05, 0) is 38.0 Å². The van der Waals surface area contributed by atoms with E-state index in [1.807, 2.05) is 13.0 Å². The van der Waals surface area contributed by atoms with Crippen LogP contribution in [0.25, 0.3) is 0 Å². The number of likely N-dealkylation sites (tertiary alicyclic amines) is 1. The van der Waals surface area contributed by atoms with Gasteiger partial charge in [-0.25, -0.2) is 14.8 Å². The Morgan fingerprint density at radius 1 is 1.19 bits per heavy atom. The van der Waals surface area contributed by atoms with Crippen molar-refractivity contribution in [1.82, 2.24) is 14.9 Å². The Balaban J connectivity index is 1.53. The van der Waals surface area contributed by atoms with Crippen molar-refractivity contribution in [2.24, 2.45) is 0 Å². The zero-order valence-electron chi connectivity index (χ0n) is 14.8. The van der Waals surface area contributed by atoms with Crippen molar-refractivity contribution >= 4 is 17.5 Å². The van der Waals surface area contributed by atoms with Gasteiger partial charge in [0.15, 0.2) is 0 Å². The molecule has 2 aromatic rings. The fraction of sp³-hybridized carbons (Fsp3) is 0.389. The van der Waals surface area contributed by atoms with E-state index in [1.54, 1.807) is 4.90 Å². The summed E-state index contributed by atoms with van der Waals surface area (Å²) in [6.45, 7) is 2.90. The SMILES string of the molecule is Cc1cc(NC2CCN(C(=O)Nc3cccc(C(F)(F)F)c3)CC2)ncn1. The molecule has 1 aromatic heterocycles. The van der Waals surface area contributed by atoms with Crippen molar-refractivity contribution in [3.8, 4) is 0 Å². The maximum atomic E-state index is 12.8. The van der Waals surface area contributed by atoms with Gasteiger partial charge in [0.1, 0.15) is 12.1 Å². The third kappa shape index (κ3) is 5.08. The molecule has 0 aliphatic carbocycles. The number of carbonyl (C=O) groups is 1. The molecule has 1 fully saturated rings. The van der Waals surface area contributed by atoms with Gasteiger partial charge in [0.25, 0.3) is 0 Å². The van der Waals surface area contributed by atoms with Crippen LogP contribution >= 0.6 is 0 Å². The number of aromatic nitrogens is 2. The number of anilines is 2. The maximum Gasteiger partial charge on any atom is 0.416 e. The number of amides is 2. The third-order valence-electron chi connectivity index (χ3n) is 4.38. The molecule has 144 valence electrons. The highest BCUT2D eigenvalue weighted by Crippen LogP contribution is 2.30. The van der Waals surface area contributed by atoms with Crippen LogP contribution in [0.5, 0.6) is 0 Å². The van der Waals surface area contributed by atoms with E-state index in [9.17, 15) is 18.0 Å². The van der Waals surface area contributed by atoms with E-state index in [4.69, 9.17) is 0 Å². The number of urea groups is 1. The van der Waals surface area contributed by atoms with Gasteiger partial charge in [-0.15, -0.1) is 0 Å². The standard InChI is InChI=1S/C18H20F3N5O/c1-12-9-16(23-11-22-12)24-14-5-7-26(8-6-14)17(27)25-15-4-2-3-13(10-15)18(19,20)21/h2-4,9-11,14H,5-8H2,1H3,(H,25,27)(H,22,23,24). The third-order valence-corrected chi connectivity index (χ3v) is 4.38. The predicted octanol–water partition coefficient (Wildman–Crippen LogP) is 3.91. The Bertz CT molecular complexity index is 804. The zero-order valence-corrected chi connectivity index (χ0v) is 14.8. The average molecular weight is 379 g/mol. The van der Waals surface area contributed by atoms with Crippen LogP contribution in [-0.2, 0) is 6.18 Å². The van der Waals surface area contributed by atoms with Gasteiger partial charge < -0.3 is 15.5 Å². The second kappa shape index (κ2) is 7.81. The number of hydrogen-bond acceptors (Lipinski definition) is 4. The lowest BCUT2D eigenvalue weighted by Crippen LogP contribution is -2.44. The number of nitrogens with zero attached hydrogens (tertiary/aromatic N) is 3. The lowest BCUT2D eigenvalue weighted by Gasteiger charge is -2.32. The summed E-state index contributed by atoms with van der Waals surface area (Å²) in [5.41, 5.74) is 0.209. The topological polar surface area (TPSA) is 70.2 Å². The second-order valence-corrected chi connectivity index (χ2v) is 6.46. The number of aryl methyl sites for hydroxylation is 1. The minimum Gasteiger partial charge on any atom is -0.367 e. The normalized spacial score (nSPS) is 15.5. The monoisotopic (exact) mass is 379 g/mol. The van der Waals surface area contributed by atoms with E-state index in [1.165, 1.54) is 18.5 Å². The molecule has 1 aliphatic rings. The molecule has 1 saturated heterocycles. The molecule has 0 bridgehead atoms. The number of hydrogen-bond donors (Lipinski definition) is 2. The van der Waals surface area contributed by atoms with Gasteiger partial charge >= 0.3 is 12.2 Å². The molecule has 6 nitrogen and oxygen atoms in total. The Morgan fingerprint density at radius 3 is 2.59 bits per heavy atom. The Morgan fingerprint density at radius 2 is 1.93 bits per heavy atom. The van der Waals surface area contributed by atoms with E-state index in [0.717, 1.165) is 36.5 Å². The summed E-state index contributed by atoms with van der Waals surface area (Å²) in [7, 11) is 0. The molecule has 0 atom stereocenters. The summed E-state index contributed by atoms with van der Waals surface area (Å²) in [5, 5.41) is 5.86. The van der Waals surface area contributed by atoms with Crippen LogP contribution < -0.4 is 10.6 Å². The minimum atomic E-state index is -4.44. The highest BCUT2D eigenvalue weighted by Gasteiger charge is 2.30. The Labute approximate surface area is 154 Å². The van der Waals surface area contributed by atoms with Gasteiger partial charge in [-0.2, -0.15) is 13.2 Å². The maximum absolute atomic E-state index is 12.8. The van der Waals surface area contributed by atoms with Crippen molar-refractivity contribution in [1.29, 1.82) is 0 Å². The summed E-state index contributed by atoms with van der Waals surface area (Å²) in [6.07, 6.45) is -1.50. The van der Waals surface area contributed by atoms with Gasteiger partial charge in [0, 0.05) is 36.6 Å². The van der Waals surface area contributed by atoms with Gasteiger partial charge in [-0.1, -0.05) is 6.07 Å².